The van der Waals surface area contributed by atoms with E-state index in [0.29, 0.717) is 5.76 Å². The number of hydrogen-bond donors (Lipinski definition) is 1. The van der Waals surface area contributed by atoms with Crippen LogP contribution in [0, 0.1) is 6.92 Å². The molecule has 2 heterocycles. The van der Waals surface area contributed by atoms with E-state index >= 15 is 0 Å². The van der Waals surface area contributed by atoms with Gasteiger partial charge in [-0.25, -0.2) is 0 Å². The fourth-order valence-corrected chi connectivity index (χ4v) is 3.26. The second-order valence-corrected chi connectivity index (χ2v) is 5.97. The molecule has 1 saturated heterocycles. The number of carbonyl (C=O) groups is 1. The van der Waals surface area contributed by atoms with Crippen LogP contribution in [0.1, 0.15) is 42.3 Å². The van der Waals surface area contributed by atoms with Gasteiger partial charge in [0.2, 0.25) is 0 Å². The fourth-order valence-electron chi connectivity index (χ4n) is 3.26. The third-order valence-electron chi connectivity index (χ3n) is 4.45. The average Bonchev–Trinajstić information content (AvgIpc) is 2.84. The molecular weight excluding hydrogens is 300 g/mol. The van der Waals surface area contributed by atoms with Crippen molar-refractivity contribution in [2.75, 3.05) is 6.54 Å². The smallest absolute Gasteiger partial charge is 0.290 e. The van der Waals surface area contributed by atoms with E-state index in [1.54, 1.807) is 0 Å². The molecule has 1 amide bonds. The Morgan fingerprint density at radius 2 is 2.09 bits per heavy atom. The average molecular weight is 323 g/mol. The Morgan fingerprint density at radius 1 is 1.36 bits per heavy atom. The van der Waals surface area contributed by atoms with E-state index in [4.69, 9.17) is 10.2 Å². The van der Waals surface area contributed by atoms with Gasteiger partial charge in [-0.05, 0) is 39.2 Å². The molecule has 1 aromatic carbocycles. The van der Waals surface area contributed by atoms with Gasteiger partial charge in [-0.3, -0.25) is 4.79 Å². The number of rotatable bonds is 2. The molecule has 2 atom stereocenters. The molecule has 1 aromatic heterocycles. The molecule has 2 unspecified atom stereocenters. The number of para-hydroxylation sites is 1. The van der Waals surface area contributed by atoms with Crippen LogP contribution in [-0.4, -0.2) is 29.4 Å². The quantitative estimate of drug-likeness (QED) is 0.920. The van der Waals surface area contributed by atoms with E-state index in [1.807, 2.05) is 43.0 Å². The zero-order chi connectivity index (χ0) is 15.0. The highest BCUT2D eigenvalue weighted by molar-refractivity contribution is 5.99. The van der Waals surface area contributed by atoms with Crippen LogP contribution in [0.4, 0.5) is 0 Å². The molecule has 5 heteroatoms. The first-order chi connectivity index (χ1) is 10.1. The second-order valence-electron chi connectivity index (χ2n) is 5.97. The van der Waals surface area contributed by atoms with Gasteiger partial charge in [0.15, 0.2) is 5.76 Å². The zero-order valence-corrected chi connectivity index (χ0v) is 13.9. The highest BCUT2D eigenvalue weighted by Crippen LogP contribution is 2.28. The van der Waals surface area contributed by atoms with Crippen LogP contribution in [0.5, 0.6) is 0 Å². The lowest BCUT2D eigenvalue weighted by atomic mass is 9.96. The highest BCUT2D eigenvalue weighted by Gasteiger charge is 2.32. The Labute approximate surface area is 137 Å². The van der Waals surface area contributed by atoms with Crippen LogP contribution in [0.15, 0.2) is 28.7 Å². The van der Waals surface area contributed by atoms with Gasteiger partial charge >= 0.3 is 0 Å². The first-order valence-electron chi connectivity index (χ1n) is 7.64. The number of nitrogens with zero attached hydrogens (tertiary/aromatic N) is 1. The highest BCUT2D eigenvalue weighted by atomic mass is 35.5. The SMILES string of the molecule is Cc1c(C(=O)N2CCCCC2C(C)N)oc2ccccc12.Cl. The summed E-state index contributed by atoms with van der Waals surface area (Å²) in [5.74, 6) is 0.439. The molecule has 1 fully saturated rings. The van der Waals surface area contributed by atoms with Gasteiger partial charge in [-0.2, -0.15) is 0 Å². The van der Waals surface area contributed by atoms with Crippen molar-refractivity contribution in [3.63, 3.8) is 0 Å². The molecule has 2 aromatic rings. The number of furan rings is 1. The van der Waals surface area contributed by atoms with Gasteiger partial charge in [-0.1, -0.05) is 18.2 Å². The van der Waals surface area contributed by atoms with Gasteiger partial charge in [0, 0.05) is 29.6 Å². The maximum atomic E-state index is 12.9. The molecule has 0 aliphatic carbocycles. The van der Waals surface area contributed by atoms with Crippen molar-refractivity contribution in [2.24, 2.45) is 5.73 Å². The molecule has 0 saturated carbocycles. The van der Waals surface area contributed by atoms with Crippen molar-refractivity contribution in [2.45, 2.75) is 45.2 Å². The van der Waals surface area contributed by atoms with E-state index in [1.165, 1.54) is 0 Å². The maximum Gasteiger partial charge on any atom is 0.290 e. The van der Waals surface area contributed by atoms with Crippen molar-refractivity contribution >= 4 is 29.3 Å². The first kappa shape index (κ1) is 16.8. The van der Waals surface area contributed by atoms with E-state index in [9.17, 15) is 4.79 Å². The summed E-state index contributed by atoms with van der Waals surface area (Å²) < 4.78 is 5.81. The van der Waals surface area contributed by atoms with Crippen molar-refractivity contribution in [1.82, 2.24) is 4.90 Å². The van der Waals surface area contributed by atoms with Gasteiger partial charge in [-0.15, -0.1) is 12.4 Å². The first-order valence-corrected chi connectivity index (χ1v) is 7.64. The van der Waals surface area contributed by atoms with Crippen molar-refractivity contribution in [1.29, 1.82) is 0 Å². The number of nitrogens with two attached hydrogens (primary N) is 1. The largest absolute Gasteiger partial charge is 0.451 e. The summed E-state index contributed by atoms with van der Waals surface area (Å²) in [6.45, 7) is 4.69. The number of fused-ring (bicyclic) bond motifs is 1. The Bertz CT molecular complexity index is 666. The monoisotopic (exact) mass is 322 g/mol. The molecule has 4 nitrogen and oxygen atoms in total. The van der Waals surface area contributed by atoms with Crippen molar-refractivity contribution in [3.8, 4) is 0 Å². The summed E-state index contributed by atoms with van der Waals surface area (Å²) in [5.41, 5.74) is 7.75. The summed E-state index contributed by atoms with van der Waals surface area (Å²) in [6.07, 6.45) is 3.14. The van der Waals surface area contributed by atoms with Crippen LogP contribution < -0.4 is 5.73 Å². The summed E-state index contributed by atoms with van der Waals surface area (Å²) in [5, 5.41) is 1.01. The predicted octanol–water partition coefficient (Wildman–Crippen LogP) is 3.50. The van der Waals surface area contributed by atoms with Gasteiger partial charge in [0.1, 0.15) is 5.58 Å². The number of piperidine rings is 1. The summed E-state index contributed by atoms with van der Waals surface area (Å²) in [4.78, 5) is 14.8. The number of amides is 1. The van der Waals surface area contributed by atoms with Crippen molar-refractivity contribution in [3.05, 3.63) is 35.6 Å². The summed E-state index contributed by atoms with van der Waals surface area (Å²) in [6, 6.07) is 7.87. The van der Waals surface area contributed by atoms with Crippen molar-refractivity contribution < 1.29 is 9.21 Å². The zero-order valence-electron chi connectivity index (χ0n) is 13.0. The number of aryl methyl sites for hydroxylation is 1. The topological polar surface area (TPSA) is 59.5 Å². The van der Waals surface area contributed by atoms with Crippen LogP contribution in [0.2, 0.25) is 0 Å². The Hall–Kier alpha value is -1.52. The minimum absolute atomic E-state index is 0. The Kier molecular flexibility index (Phi) is 5.14. The Balaban J connectivity index is 0.00000176. The Morgan fingerprint density at radius 3 is 2.77 bits per heavy atom. The van der Waals surface area contributed by atoms with Crippen LogP contribution >= 0.6 is 12.4 Å². The normalized spacial score (nSPS) is 19.8. The minimum atomic E-state index is -0.0225. The number of benzene rings is 1. The molecule has 1 aliphatic rings. The molecule has 3 rings (SSSR count). The molecular formula is C17H23ClN2O2. The fraction of sp³-hybridized carbons (Fsp3) is 0.471. The third-order valence-corrected chi connectivity index (χ3v) is 4.45. The van der Waals surface area contributed by atoms with Crippen LogP contribution in [-0.2, 0) is 0 Å². The summed E-state index contributed by atoms with van der Waals surface area (Å²) >= 11 is 0. The molecule has 22 heavy (non-hydrogen) atoms. The lowest BCUT2D eigenvalue weighted by molar-refractivity contribution is 0.0553. The molecule has 0 spiro atoms. The lowest BCUT2D eigenvalue weighted by Gasteiger charge is -2.37. The molecule has 120 valence electrons. The standard InChI is InChI=1S/C17H22N2O2.ClH/c1-11-13-7-3-4-9-15(13)21-16(11)17(20)19-10-6-5-8-14(19)12(2)18;/h3-4,7,9,12,14H,5-6,8,10,18H2,1-2H3;1H. The second kappa shape index (κ2) is 6.71. The van der Waals surface area contributed by atoms with E-state index in [0.717, 1.165) is 42.3 Å². The lowest BCUT2D eigenvalue weighted by Crippen LogP contribution is -2.51. The number of carbonyl (C=O) groups excluding carboxylic acids is 1. The molecule has 1 aliphatic heterocycles. The minimum Gasteiger partial charge on any atom is -0.451 e. The van der Waals surface area contributed by atoms with Gasteiger partial charge in [0.05, 0.1) is 0 Å². The van der Waals surface area contributed by atoms with E-state index < -0.39 is 0 Å². The molecule has 0 radical (unpaired) electrons. The van der Waals surface area contributed by atoms with Crippen LogP contribution in [0.3, 0.4) is 0 Å². The maximum absolute atomic E-state index is 12.9. The van der Waals surface area contributed by atoms with E-state index in [2.05, 4.69) is 0 Å². The van der Waals surface area contributed by atoms with Gasteiger partial charge < -0.3 is 15.1 Å². The van der Waals surface area contributed by atoms with Gasteiger partial charge in [0.25, 0.3) is 5.91 Å². The summed E-state index contributed by atoms with van der Waals surface area (Å²) in [7, 11) is 0. The number of halogens is 1. The third kappa shape index (κ3) is 2.85. The molecule has 2 N–H and O–H groups in total. The van der Waals surface area contributed by atoms with Crippen LogP contribution in [0.25, 0.3) is 11.0 Å². The predicted molar refractivity (Wildman–Crippen MR) is 90.5 cm³/mol. The number of hydrogen-bond acceptors (Lipinski definition) is 3. The molecule has 0 bridgehead atoms. The number of likely N-dealkylation sites (tertiary alicyclic amines) is 1. The van der Waals surface area contributed by atoms with E-state index in [-0.39, 0.29) is 30.4 Å².